The van der Waals surface area contributed by atoms with E-state index in [1.807, 2.05) is 18.2 Å². The van der Waals surface area contributed by atoms with E-state index in [9.17, 15) is 4.79 Å². The molecule has 0 amide bonds. The number of ether oxygens (including phenoxy) is 1. The molecule has 0 aliphatic carbocycles. The van der Waals surface area contributed by atoms with E-state index in [1.165, 1.54) is 0 Å². The summed E-state index contributed by atoms with van der Waals surface area (Å²) in [5, 5.41) is 0. The van der Waals surface area contributed by atoms with Gasteiger partial charge in [-0.15, -0.1) is 0 Å². The fourth-order valence-corrected chi connectivity index (χ4v) is 1.56. The SMILES string of the molecule is CC(C)CCOC(=O)c1ccccc1CCN. The van der Waals surface area contributed by atoms with Crippen LogP contribution >= 0.6 is 0 Å². The Morgan fingerprint density at radius 1 is 1.35 bits per heavy atom. The standard InChI is InChI=1S/C14H21NO2/c1-11(2)8-10-17-14(16)13-6-4-3-5-12(13)7-9-15/h3-6,11H,7-10,15H2,1-2H3. The van der Waals surface area contributed by atoms with Crippen LogP contribution in [0.3, 0.4) is 0 Å². The summed E-state index contributed by atoms with van der Waals surface area (Å²) in [6.45, 7) is 5.23. The first kappa shape index (κ1) is 13.7. The Bertz CT molecular complexity index is 361. The van der Waals surface area contributed by atoms with Gasteiger partial charge in [-0.05, 0) is 36.9 Å². The van der Waals surface area contributed by atoms with Crippen LogP contribution < -0.4 is 5.73 Å². The Morgan fingerprint density at radius 3 is 2.71 bits per heavy atom. The number of esters is 1. The highest BCUT2D eigenvalue weighted by molar-refractivity contribution is 5.91. The van der Waals surface area contributed by atoms with Gasteiger partial charge in [0.05, 0.1) is 12.2 Å². The van der Waals surface area contributed by atoms with Gasteiger partial charge < -0.3 is 10.5 Å². The zero-order valence-electron chi connectivity index (χ0n) is 10.6. The third kappa shape index (κ3) is 4.57. The number of carbonyl (C=O) groups excluding carboxylic acids is 1. The van der Waals surface area contributed by atoms with Crippen molar-refractivity contribution in [3.63, 3.8) is 0 Å². The van der Waals surface area contributed by atoms with Crippen molar-refractivity contribution < 1.29 is 9.53 Å². The van der Waals surface area contributed by atoms with Crippen LogP contribution in [-0.4, -0.2) is 19.1 Å². The highest BCUT2D eigenvalue weighted by atomic mass is 16.5. The minimum atomic E-state index is -0.241. The molecule has 0 radical (unpaired) electrons. The summed E-state index contributed by atoms with van der Waals surface area (Å²) in [5.74, 6) is 0.303. The molecule has 0 aliphatic rings. The van der Waals surface area contributed by atoms with Crippen molar-refractivity contribution >= 4 is 5.97 Å². The molecule has 0 fully saturated rings. The Kier molecular flexibility index (Phi) is 5.70. The lowest BCUT2D eigenvalue weighted by molar-refractivity contribution is 0.0487. The Morgan fingerprint density at radius 2 is 2.06 bits per heavy atom. The summed E-state index contributed by atoms with van der Waals surface area (Å²) in [5.41, 5.74) is 7.12. The molecule has 0 saturated carbocycles. The molecule has 0 bridgehead atoms. The fraction of sp³-hybridized carbons (Fsp3) is 0.500. The van der Waals surface area contributed by atoms with Gasteiger partial charge in [-0.2, -0.15) is 0 Å². The van der Waals surface area contributed by atoms with Crippen molar-refractivity contribution in [2.75, 3.05) is 13.2 Å². The molecule has 94 valence electrons. The van der Waals surface area contributed by atoms with E-state index in [4.69, 9.17) is 10.5 Å². The Balaban J connectivity index is 2.61. The summed E-state index contributed by atoms with van der Waals surface area (Å²) in [6.07, 6.45) is 1.60. The average Bonchev–Trinajstić information content (AvgIpc) is 2.29. The first-order chi connectivity index (χ1) is 8.15. The molecule has 3 nitrogen and oxygen atoms in total. The molecule has 0 heterocycles. The maximum Gasteiger partial charge on any atom is 0.338 e. The van der Waals surface area contributed by atoms with Gasteiger partial charge in [0, 0.05) is 0 Å². The summed E-state index contributed by atoms with van der Waals surface area (Å²) in [6, 6.07) is 7.48. The van der Waals surface area contributed by atoms with Crippen LogP contribution in [0.25, 0.3) is 0 Å². The number of rotatable bonds is 6. The molecule has 0 saturated heterocycles. The molecular formula is C14H21NO2. The third-order valence-electron chi connectivity index (χ3n) is 2.58. The number of benzene rings is 1. The van der Waals surface area contributed by atoms with Gasteiger partial charge in [-0.25, -0.2) is 4.79 Å². The van der Waals surface area contributed by atoms with E-state index in [2.05, 4.69) is 13.8 Å². The quantitative estimate of drug-likeness (QED) is 0.770. The smallest absolute Gasteiger partial charge is 0.338 e. The van der Waals surface area contributed by atoms with Gasteiger partial charge in [0.15, 0.2) is 0 Å². The third-order valence-corrected chi connectivity index (χ3v) is 2.58. The van der Waals surface area contributed by atoms with Crippen molar-refractivity contribution in [1.82, 2.24) is 0 Å². The van der Waals surface area contributed by atoms with E-state index in [-0.39, 0.29) is 5.97 Å². The van der Waals surface area contributed by atoms with E-state index >= 15 is 0 Å². The summed E-state index contributed by atoms with van der Waals surface area (Å²) < 4.78 is 5.25. The minimum absolute atomic E-state index is 0.241. The largest absolute Gasteiger partial charge is 0.462 e. The van der Waals surface area contributed by atoms with E-state index in [0.29, 0.717) is 31.1 Å². The normalized spacial score (nSPS) is 10.6. The molecule has 0 aromatic heterocycles. The molecule has 2 N–H and O–H groups in total. The fourth-order valence-electron chi connectivity index (χ4n) is 1.56. The molecular weight excluding hydrogens is 214 g/mol. The number of hydrogen-bond donors (Lipinski definition) is 1. The highest BCUT2D eigenvalue weighted by Crippen LogP contribution is 2.11. The average molecular weight is 235 g/mol. The van der Waals surface area contributed by atoms with Gasteiger partial charge in [0.25, 0.3) is 0 Å². The van der Waals surface area contributed by atoms with Crippen molar-refractivity contribution in [2.45, 2.75) is 26.7 Å². The first-order valence-electron chi connectivity index (χ1n) is 6.10. The summed E-state index contributed by atoms with van der Waals surface area (Å²) in [7, 11) is 0. The van der Waals surface area contributed by atoms with Crippen molar-refractivity contribution in [1.29, 1.82) is 0 Å². The molecule has 3 heteroatoms. The van der Waals surface area contributed by atoms with Crippen LogP contribution in [0.4, 0.5) is 0 Å². The second-order valence-corrected chi connectivity index (χ2v) is 4.51. The number of carbonyl (C=O) groups is 1. The molecule has 0 aliphatic heterocycles. The van der Waals surface area contributed by atoms with Crippen molar-refractivity contribution in [2.24, 2.45) is 11.7 Å². The lowest BCUT2D eigenvalue weighted by Crippen LogP contribution is -2.12. The van der Waals surface area contributed by atoms with E-state index in [0.717, 1.165) is 12.0 Å². The van der Waals surface area contributed by atoms with Gasteiger partial charge in [0.2, 0.25) is 0 Å². The van der Waals surface area contributed by atoms with Gasteiger partial charge in [0.1, 0.15) is 0 Å². The van der Waals surface area contributed by atoms with Crippen LogP contribution in [0.5, 0.6) is 0 Å². The van der Waals surface area contributed by atoms with Gasteiger partial charge in [-0.1, -0.05) is 32.0 Å². The maximum atomic E-state index is 11.9. The second kappa shape index (κ2) is 7.07. The predicted octanol–water partition coefficient (Wildman–Crippen LogP) is 2.39. The molecule has 1 rings (SSSR count). The highest BCUT2D eigenvalue weighted by Gasteiger charge is 2.11. The molecule has 17 heavy (non-hydrogen) atoms. The monoisotopic (exact) mass is 235 g/mol. The zero-order valence-corrected chi connectivity index (χ0v) is 10.6. The van der Waals surface area contributed by atoms with Crippen LogP contribution in [0.2, 0.25) is 0 Å². The molecule has 0 atom stereocenters. The first-order valence-corrected chi connectivity index (χ1v) is 6.10. The predicted molar refractivity (Wildman–Crippen MR) is 68.9 cm³/mol. The molecule has 1 aromatic carbocycles. The summed E-state index contributed by atoms with van der Waals surface area (Å²) in [4.78, 5) is 11.9. The second-order valence-electron chi connectivity index (χ2n) is 4.51. The zero-order chi connectivity index (χ0) is 12.7. The lowest BCUT2D eigenvalue weighted by atomic mass is 10.0. The maximum absolute atomic E-state index is 11.9. The van der Waals surface area contributed by atoms with Crippen LogP contribution in [-0.2, 0) is 11.2 Å². The Hall–Kier alpha value is -1.35. The minimum Gasteiger partial charge on any atom is -0.462 e. The van der Waals surface area contributed by atoms with Crippen molar-refractivity contribution in [3.05, 3.63) is 35.4 Å². The van der Waals surface area contributed by atoms with Crippen LogP contribution in [0.15, 0.2) is 24.3 Å². The van der Waals surface area contributed by atoms with E-state index in [1.54, 1.807) is 6.07 Å². The molecule has 0 spiro atoms. The Labute approximate surface area is 103 Å². The number of hydrogen-bond acceptors (Lipinski definition) is 3. The van der Waals surface area contributed by atoms with Crippen LogP contribution in [0.1, 0.15) is 36.2 Å². The molecule has 0 unspecified atom stereocenters. The van der Waals surface area contributed by atoms with Crippen LogP contribution in [0, 0.1) is 5.92 Å². The molecule has 1 aromatic rings. The van der Waals surface area contributed by atoms with Gasteiger partial charge >= 0.3 is 5.97 Å². The number of nitrogens with two attached hydrogens (primary N) is 1. The topological polar surface area (TPSA) is 52.3 Å². The van der Waals surface area contributed by atoms with Gasteiger partial charge in [-0.3, -0.25) is 0 Å². The lowest BCUT2D eigenvalue weighted by Gasteiger charge is -2.09. The van der Waals surface area contributed by atoms with Crippen molar-refractivity contribution in [3.8, 4) is 0 Å². The summed E-state index contributed by atoms with van der Waals surface area (Å²) >= 11 is 0. The van der Waals surface area contributed by atoms with E-state index < -0.39 is 0 Å².